The van der Waals surface area contributed by atoms with Gasteiger partial charge in [-0.2, -0.15) is 0 Å². The molecule has 6 nitrogen and oxygen atoms in total. The van der Waals surface area contributed by atoms with Crippen molar-refractivity contribution in [1.82, 2.24) is 14.6 Å². The second-order valence-corrected chi connectivity index (χ2v) is 7.01. The van der Waals surface area contributed by atoms with Crippen LogP contribution in [0, 0.1) is 5.92 Å². The van der Waals surface area contributed by atoms with E-state index in [9.17, 15) is 8.42 Å². The van der Waals surface area contributed by atoms with E-state index < -0.39 is 10.0 Å². The number of likely N-dealkylation sites (N-methyl/N-ethyl adjacent to an activating group) is 1. The first-order valence-corrected chi connectivity index (χ1v) is 7.79. The van der Waals surface area contributed by atoms with E-state index in [0.29, 0.717) is 18.8 Å². The van der Waals surface area contributed by atoms with Gasteiger partial charge in [0.15, 0.2) is 0 Å². The summed E-state index contributed by atoms with van der Waals surface area (Å²) in [5.74, 6) is 0.213. The molecule has 1 aromatic rings. The molecular weight excluding hydrogens is 264 g/mol. The SMILES string of the molecule is CC(C)C(CN(C)C)NS(=O)(=O)c1c[nH]c(CN)c1. The molecule has 4 N–H and O–H groups in total. The van der Waals surface area contributed by atoms with Crippen LogP contribution in [0.4, 0.5) is 0 Å². The van der Waals surface area contributed by atoms with E-state index >= 15 is 0 Å². The molecule has 0 radical (unpaired) electrons. The molecule has 7 heteroatoms. The zero-order valence-electron chi connectivity index (χ0n) is 12.0. The number of H-pyrrole nitrogens is 1. The molecule has 0 aromatic carbocycles. The second-order valence-electron chi connectivity index (χ2n) is 5.30. The largest absolute Gasteiger partial charge is 0.363 e. The van der Waals surface area contributed by atoms with E-state index in [2.05, 4.69) is 9.71 Å². The number of aromatic amines is 1. The highest BCUT2D eigenvalue weighted by Gasteiger charge is 2.23. The lowest BCUT2D eigenvalue weighted by molar-refractivity contribution is 0.314. The van der Waals surface area contributed by atoms with Crippen molar-refractivity contribution in [2.24, 2.45) is 11.7 Å². The van der Waals surface area contributed by atoms with Crippen molar-refractivity contribution in [3.63, 3.8) is 0 Å². The number of hydrogen-bond acceptors (Lipinski definition) is 4. The lowest BCUT2D eigenvalue weighted by Crippen LogP contribution is -2.44. The number of hydrogen-bond donors (Lipinski definition) is 3. The molecule has 19 heavy (non-hydrogen) atoms. The quantitative estimate of drug-likeness (QED) is 0.674. The molecular formula is C12H24N4O2S. The maximum absolute atomic E-state index is 12.3. The molecule has 0 amide bonds. The van der Waals surface area contributed by atoms with E-state index in [4.69, 9.17) is 5.73 Å². The molecule has 0 saturated carbocycles. The summed E-state index contributed by atoms with van der Waals surface area (Å²) in [4.78, 5) is 5.05. The van der Waals surface area contributed by atoms with Crippen LogP contribution in [-0.2, 0) is 16.6 Å². The van der Waals surface area contributed by atoms with Gasteiger partial charge in [-0.25, -0.2) is 13.1 Å². The predicted molar refractivity (Wildman–Crippen MR) is 76.2 cm³/mol. The van der Waals surface area contributed by atoms with Gasteiger partial charge in [0.1, 0.15) is 0 Å². The average molecular weight is 288 g/mol. The summed E-state index contributed by atoms with van der Waals surface area (Å²) in [7, 11) is 0.343. The van der Waals surface area contributed by atoms with Crippen LogP contribution in [0.25, 0.3) is 0 Å². The predicted octanol–water partition coefficient (Wildman–Crippen LogP) is 0.338. The molecule has 1 unspecified atom stereocenters. The first-order valence-electron chi connectivity index (χ1n) is 6.30. The standard InChI is InChI=1S/C12H24N4O2S/c1-9(2)12(8-16(3)4)15-19(17,18)11-5-10(6-13)14-7-11/h5,7,9,12,14-15H,6,8,13H2,1-4H3. The Morgan fingerprint density at radius 2 is 2.05 bits per heavy atom. The monoisotopic (exact) mass is 288 g/mol. The Morgan fingerprint density at radius 1 is 1.42 bits per heavy atom. The molecule has 0 spiro atoms. The van der Waals surface area contributed by atoms with E-state index in [1.165, 1.54) is 6.20 Å². The Hall–Kier alpha value is -0.890. The number of nitrogens with one attached hydrogen (secondary N) is 2. The van der Waals surface area contributed by atoms with Crippen molar-refractivity contribution in [2.45, 2.75) is 31.3 Å². The third-order valence-electron chi connectivity index (χ3n) is 2.92. The van der Waals surface area contributed by atoms with Gasteiger partial charge < -0.3 is 15.6 Å². The zero-order valence-corrected chi connectivity index (χ0v) is 12.8. The minimum absolute atomic E-state index is 0.128. The van der Waals surface area contributed by atoms with E-state index in [1.54, 1.807) is 6.07 Å². The van der Waals surface area contributed by atoms with Crippen LogP contribution < -0.4 is 10.5 Å². The van der Waals surface area contributed by atoms with Crippen molar-refractivity contribution in [3.05, 3.63) is 18.0 Å². The molecule has 0 bridgehead atoms. The summed E-state index contributed by atoms with van der Waals surface area (Å²) in [5.41, 5.74) is 6.17. The van der Waals surface area contributed by atoms with Crippen LogP contribution in [0.2, 0.25) is 0 Å². The minimum Gasteiger partial charge on any atom is -0.363 e. The number of nitrogens with two attached hydrogens (primary N) is 1. The summed E-state index contributed by atoms with van der Waals surface area (Å²) in [6, 6.07) is 1.44. The molecule has 0 aliphatic rings. The van der Waals surface area contributed by atoms with Gasteiger partial charge >= 0.3 is 0 Å². The van der Waals surface area contributed by atoms with Crippen molar-refractivity contribution in [3.8, 4) is 0 Å². The van der Waals surface area contributed by atoms with Gasteiger partial charge in [-0.1, -0.05) is 13.8 Å². The Bertz CT molecular complexity index is 494. The van der Waals surface area contributed by atoms with Crippen molar-refractivity contribution in [1.29, 1.82) is 0 Å². The van der Waals surface area contributed by atoms with Crippen molar-refractivity contribution < 1.29 is 8.42 Å². The fraction of sp³-hybridized carbons (Fsp3) is 0.667. The van der Waals surface area contributed by atoms with Gasteiger partial charge in [0.25, 0.3) is 0 Å². The molecule has 1 aromatic heterocycles. The van der Waals surface area contributed by atoms with Gasteiger partial charge in [-0.05, 0) is 26.1 Å². The molecule has 0 aliphatic heterocycles. The Morgan fingerprint density at radius 3 is 2.47 bits per heavy atom. The fourth-order valence-corrected chi connectivity index (χ4v) is 3.13. The van der Waals surface area contributed by atoms with Gasteiger partial charge in [0, 0.05) is 31.0 Å². The lowest BCUT2D eigenvalue weighted by Gasteiger charge is -2.25. The molecule has 0 aliphatic carbocycles. The highest BCUT2D eigenvalue weighted by Crippen LogP contribution is 2.13. The van der Waals surface area contributed by atoms with Crippen LogP contribution in [0.5, 0.6) is 0 Å². The highest BCUT2D eigenvalue weighted by molar-refractivity contribution is 7.89. The first kappa shape index (κ1) is 16.2. The van der Waals surface area contributed by atoms with Crippen LogP contribution in [0.15, 0.2) is 17.2 Å². The summed E-state index contributed by atoms with van der Waals surface area (Å²) in [6.45, 7) is 4.95. The van der Waals surface area contributed by atoms with E-state index in [1.807, 2.05) is 32.8 Å². The third kappa shape index (κ3) is 4.61. The maximum atomic E-state index is 12.3. The number of nitrogens with zero attached hydrogens (tertiary/aromatic N) is 1. The van der Waals surface area contributed by atoms with E-state index in [0.717, 1.165) is 0 Å². The summed E-state index contributed by atoms with van der Waals surface area (Å²) >= 11 is 0. The number of rotatable bonds is 7. The smallest absolute Gasteiger partial charge is 0.242 e. The fourth-order valence-electron chi connectivity index (χ4n) is 1.74. The number of aromatic nitrogens is 1. The van der Waals surface area contributed by atoms with Gasteiger partial charge in [-0.3, -0.25) is 0 Å². The Kier molecular flexibility index (Phi) is 5.54. The topological polar surface area (TPSA) is 91.2 Å². The zero-order chi connectivity index (χ0) is 14.6. The normalized spacial score (nSPS) is 14.3. The maximum Gasteiger partial charge on any atom is 0.242 e. The van der Waals surface area contributed by atoms with Crippen LogP contribution in [0.3, 0.4) is 0 Å². The van der Waals surface area contributed by atoms with Crippen molar-refractivity contribution in [2.75, 3.05) is 20.6 Å². The summed E-state index contributed by atoms with van der Waals surface area (Å²) in [6.07, 6.45) is 1.47. The van der Waals surface area contributed by atoms with E-state index in [-0.39, 0.29) is 16.9 Å². The molecule has 0 saturated heterocycles. The first-order chi connectivity index (χ1) is 8.76. The lowest BCUT2D eigenvalue weighted by atomic mass is 10.1. The minimum atomic E-state index is -3.50. The van der Waals surface area contributed by atoms with Crippen LogP contribution >= 0.6 is 0 Å². The Labute approximate surface area is 115 Å². The average Bonchev–Trinajstić information content (AvgIpc) is 2.76. The van der Waals surface area contributed by atoms with Gasteiger partial charge in [-0.15, -0.1) is 0 Å². The molecule has 1 rings (SSSR count). The second kappa shape index (κ2) is 6.51. The van der Waals surface area contributed by atoms with Crippen LogP contribution in [-0.4, -0.2) is 45.0 Å². The third-order valence-corrected chi connectivity index (χ3v) is 4.39. The molecule has 1 atom stereocenters. The molecule has 0 fully saturated rings. The molecule has 110 valence electrons. The Balaban J connectivity index is 2.87. The highest BCUT2D eigenvalue weighted by atomic mass is 32.2. The summed E-state index contributed by atoms with van der Waals surface area (Å²) < 4.78 is 27.3. The van der Waals surface area contributed by atoms with Crippen LogP contribution in [0.1, 0.15) is 19.5 Å². The van der Waals surface area contributed by atoms with Crippen molar-refractivity contribution >= 4 is 10.0 Å². The summed E-state index contributed by atoms with van der Waals surface area (Å²) in [5, 5.41) is 0. The van der Waals surface area contributed by atoms with Gasteiger partial charge in [0.05, 0.1) is 4.90 Å². The van der Waals surface area contributed by atoms with Gasteiger partial charge in [0.2, 0.25) is 10.0 Å². The number of sulfonamides is 1. The molecule has 1 heterocycles.